The van der Waals surface area contributed by atoms with Crippen LogP contribution in [-0.4, -0.2) is 44.3 Å². The Balaban J connectivity index is 1.25. The molecule has 3 aromatic heterocycles. The molecule has 44 heavy (non-hydrogen) atoms. The number of aryl methyl sites for hydroxylation is 1. The highest BCUT2D eigenvalue weighted by molar-refractivity contribution is 6.31. The topological polar surface area (TPSA) is 108 Å². The minimum absolute atomic E-state index is 0.00472. The first-order valence-electron chi connectivity index (χ1n) is 13.5. The first kappa shape index (κ1) is 28.7. The molecule has 3 heterocycles. The summed E-state index contributed by atoms with van der Waals surface area (Å²) in [6.07, 6.45) is 8.88. The second-order valence-corrected chi connectivity index (χ2v) is 10.3. The number of aromatic nitrogens is 5. The maximum atomic E-state index is 14.4. The number of fused-ring (bicyclic) bond motifs is 1. The molecule has 12 heteroatoms. The summed E-state index contributed by atoms with van der Waals surface area (Å²) in [5, 5.41) is 10.4. The Bertz CT molecular complexity index is 2010. The van der Waals surface area contributed by atoms with E-state index < -0.39 is 11.7 Å². The van der Waals surface area contributed by atoms with Crippen LogP contribution in [0.2, 0.25) is 5.02 Å². The summed E-state index contributed by atoms with van der Waals surface area (Å²) in [5.41, 5.74) is 5.13. The molecule has 6 rings (SSSR count). The number of nitrogens with zero attached hydrogens (tertiary/aromatic N) is 5. The third kappa shape index (κ3) is 5.52. The van der Waals surface area contributed by atoms with E-state index in [-0.39, 0.29) is 10.7 Å². The van der Waals surface area contributed by atoms with Crippen molar-refractivity contribution in [3.8, 4) is 28.4 Å². The smallest absolute Gasteiger partial charge is 0.255 e. The molecule has 0 radical (unpaired) electrons. The molecule has 10 nitrogen and oxygen atoms in total. The number of benzene rings is 3. The summed E-state index contributed by atoms with van der Waals surface area (Å²) in [4.78, 5) is 22.1. The molecule has 1 amide bonds. The van der Waals surface area contributed by atoms with Crippen LogP contribution in [-0.2, 0) is 6.54 Å². The number of anilines is 2. The molecule has 6 aromatic rings. The normalized spacial score (nSPS) is 11.0. The highest BCUT2D eigenvalue weighted by atomic mass is 35.5. The molecule has 3 aromatic carbocycles. The van der Waals surface area contributed by atoms with Crippen LogP contribution in [0, 0.1) is 12.7 Å². The van der Waals surface area contributed by atoms with E-state index in [1.54, 1.807) is 55.7 Å². The zero-order valence-electron chi connectivity index (χ0n) is 24.0. The molecule has 0 aliphatic heterocycles. The van der Waals surface area contributed by atoms with Crippen LogP contribution in [0.4, 0.5) is 15.9 Å². The zero-order valence-corrected chi connectivity index (χ0v) is 24.8. The summed E-state index contributed by atoms with van der Waals surface area (Å²) in [5.74, 6) is 0.862. The van der Waals surface area contributed by atoms with E-state index in [2.05, 4.69) is 25.7 Å². The van der Waals surface area contributed by atoms with E-state index in [0.29, 0.717) is 40.8 Å². The van der Waals surface area contributed by atoms with Crippen molar-refractivity contribution >= 4 is 34.7 Å². The van der Waals surface area contributed by atoms with Gasteiger partial charge < -0.3 is 20.1 Å². The minimum atomic E-state index is -0.686. The van der Waals surface area contributed by atoms with Gasteiger partial charge in [-0.15, -0.1) is 0 Å². The number of methoxy groups -OCH3 is 2. The number of hydrogen-bond acceptors (Lipinski definition) is 7. The van der Waals surface area contributed by atoms with Crippen LogP contribution in [0.5, 0.6) is 11.5 Å². The van der Waals surface area contributed by atoms with Crippen molar-refractivity contribution in [1.82, 2.24) is 24.1 Å². The molecule has 0 aliphatic rings. The van der Waals surface area contributed by atoms with Gasteiger partial charge in [-0.2, -0.15) is 5.10 Å². The van der Waals surface area contributed by atoms with Crippen LogP contribution in [0.15, 0.2) is 85.6 Å². The third-order valence-corrected chi connectivity index (χ3v) is 7.46. The number of rotatable bonds is 9. The predicted molar refractivity (Wildman–Crippen MR) is 167 cm³/mol. The maximum Gasteiger partial charge on any atom is 0.255 e. The van der Waals surface area contributed by atoms with Crippen LogP contribution in [0.25, 0.3) is 22.6 Å². The average Bonchev–Trinajstić information content (AvgIpc) is 3.70. The summed E-state index contributed by atoms with van der Waals surface area (Å²) < 4.78 is 28.8. The van der Waals surface area contributed by atoms with Crippen molar-refractivity contribution in [2.45, 2.75) is 13.5 Å². The lowest BCUT2D eigenvalue weighted by Crippen LogP contribution is -2.14. The molecule has 0 unspecified atom stereocenters. The molecule has 0 fully saturated rings. The number of carbonyl (C=O) groups is 1. The monoisotopic (exact) mass is 611 g/mol. The highest BCUT2D eigenvalue weighted by Crippen LogP contribution is 2.28. The molecular formula is C32H27ClFN7O3. The van der Waals surface area contributed by atoms with E-state index in [1.807, 2.05) is 48.0 Å². The van der Waals surface area contributed by atoms with Crippen molar-refractivity contribution in [3.05, 3.63) is 113 Å². The van der Waals surface area contributed by atoms with Gasteiger partial charge in [0.1, 0.15) is 11.5 Å². The lowest BCUT2D eigenvalue weighted by molar-refractivity contribution is 0.102. The van der Waals surface area contributed by atoms with Crippen molar-refractivity contribution in [3.63, 3.8) is 0 Å². The van der Waals surface area contributed by atoms with E-state index in [0.717, 1.165) is 22.4 Å². The largest absolute Gasteiger partial charge is 0.497 e. The predicted octanol–water partition coefficient (Wildman–Crippen LogP) is 6.56. The lowest BCUT2D eigenvalue weighted by Gasteiger charge is -2.12. The van der Waals surface area contributed by atoms with E-state index in [9.17, 15) is 9.18 Å². The fraction of sp³-hybridized carbons (Fsp3) is 0.125. The van der Waals surface area contributed by atoms with Gasteiger partial charge in [0, 0.05) is 47.9 Å². The molecule has 0 saturated heterocycles. The quantitative estimate of drug-likeness (QED) is 0.190. The van der Waals surface area contributed by atoms with Gasteiger partial charge in [0.2, 0.25) is 0 Å². The van der Waals surface area contributed by atoms with Gasteiger partial charge in [-0.25, -0.2) is 19.0 Å². The number of amides is 1. The molecule has 0 spiro atoms. The number of halogens is 2. The first-order valence-corrected chi connectivity index (χ1v) is 13.9. The van der Waals surface area contributed by atoms with E-state index >= 15 is 0 Å². The summed E-state index contributed by atoms with van der Waals surface area (Å²) in [6, 6.07) is 15.3. The SMILES string of the molecule is COc1ccc(CNc2nccn3c(-c4cnn(-c5cc(C(=O)Nc6cccc(Cl)c6F)ccc5C)c4)cnc23)c(OC)c1. The number of imidazole rings is 1. The van der Waals surface area contributed by atoms with Crippen molar-refractivity contribution in [1.29, 1.82) is 0 Å². The third-order valence-electron chi connectivity index (χ3n) is 7.16. The van der Waals surface area contributed by atoms with Crippen molar-refractivity contribution in [2.75, 3.05) is 24.9 Å². The molecule has 222 valence electrons. The summed E-state index contributed by atoms with van der Waals surface area (Å²) in [7, 11) is 3.23. The van der Waals surface area contributed by atoms with Crippen molar-refractivity contribution in [2.24, 2.45) is 0 Å². The Kier molecular flexibility index (Phi) is 7.86. The highest BCUT2D eigenvalue weighted by Gasteiger charge is 2.16. The standard InChI is InChI=1S/C32H27ClFN7O3/c1-19-7-8-20(32(42)39-25-6-4-5-24(33)29(25)34)13-26(19)41-18-22(16-38-41)27-17-37-31-30(35-11-12-40(27)31)36-15-21-9-10-23(43-2)14-28(21)44-3/h4-14,16-18H,15H2,1-3H3,(H,35,36)(H,39,42). The number of nitrogens with one attached hydrogen (secondary N) is 2. The zero-order chi connectivity index (χ0) is 30.8. The van der Waals surface area contributed by atoms with Crippen LogP contribution in [0.1, 0.15) is 21.5 Å². The Morgan fingerprint density at radius 1 is 1.05 bits per heavy atom. The van der Waals surface area contributed by atoms with Crippen molar-refractivity contribution < 1.29 is 18.7 Å². The van der Waals surface area contributed by atoms with Gasteiger partial charge in [-0.1, -0.05) is 23.7 Å². The second kappa shape index (κ2) is 12.1. The van der Waals surface area contributed by atoms with E-state index in [4.69, 9.17) is 21.1 Å². The van der Waals surface area contributed by atoms with Gasteiger partial charge in [0.05, 0.1) is 48.7 Å². The summed E-state index contributed by atoms with van der Waals surface area (Å²) in [6.45, 7) is 2.39. The van der Waals surface area contributed by atoms with Gasteiger partial charge >= 0.3 is 0 Å². The second-order valence-electron chi connectivity index (χ2n) is 9.87. The Morgan fingerprint density at radius 3 is 2.73 bits per heavy atom. The lowest BCUT2D eigenvalue weighted by atomic mass is 10.1. The Morgan fingerprint density at radius 2 is 1.91 bits per heavy atom. The fourth-order valence-electron chi connectivity index (χ4n) is 4.81. The number of carbonyl (C=O) groups excluding carboxylic acids is 1. The van der Waals surface area contributed by atoms with Crippen LogP contribution < -0.4 is 20.1 Å². The number of hydrogen-bond donors (Lipinski definition) is 2. The Labute approximate surface area is 257 Å². The molecule has 0 saturated carbocycles. The van der Waals surface area contributed by atoms with Crippen LogP contribution in [0.3, 0.4) is 0 Å². The summed E-state index contributed by atoms with van der Waals surface area (Å²) >= 11 is 5.86. The van der Waals surface area contributed by atoms with E-state index in [1.165, 1.54) is 12.1 Å². The Hall–Kier alpha value is -5.42. The maximum absolute atomic E-state index is 14.4. The molecule has 0 bridgehead atoms. The molecule has 0 atom stereocenters. The van der Waals surface area contributed by atoms with Gasteiger partial charge in [-0.05, 0) is 48.9 Å². The fourth-order valence-corrected chi connectivity index (χ4v) is 4.99. The molecular weight excluding hydrogens is 585 g/mol. The van der Waals surface area contributed by atoms with Gasteiger partial charge in [0.25, 0.3) is 5.91 Å². The molecule has 2 N–H and O–H groups in total. The van der Waals surface area contributed by atoms with Gasteiger partial charge in [0.15, 0.2) is 17.3 Å². The average molecular weight is 612 g/mol. The number of ether oxygens (including phenoxy) is 2. The minimum Gasteiger partial charge on any atom is -0.497 e. The van der Waals surface area contributed by atoms with Gasteiger partial charge in [-0.3, -0.25) is 9.20 Å². The first-order chi connectivity index (χ1) is 21.4. The molecule has 0 aliphatic carbocycles. The van der Waals surface area contributed by atoms with Crippen LogP contribution >= 0.6 is 11.6 Å².